The van der Waals surface area contributed by atoms with E-state index >= 15 is 0 Å². The molecule has 0 aliphatic carbocycles. The molecule has 0 fully saturated rings. The summed E-state index contributed by atoms with van der Waals surface area (Å²) < 4.78 is 0. The fourth-order valence-electron chi connectivity index (χ4n) is 2.29. The Labute approximate surface area is 159 Å². The lowest BCUT2D eigenvalue weighted by Gasteiger charge is -1.97. The molecule has 3 rings (SSSR count). The minimum Gasteiger partial charge on any atom is -0.258 e. The molecule has 0 saturated heterocycles. The Bertz CT molecular complexity index is 955. The van der Waals surface area contributed by atoms with E-state index < -0.39 is 9.85 Å². The third-order valence-corrected chi connectivity index (χ3v) is 3.78. The van der Waals surface area contributed by atoms with Gasteiger partial charge in [0.1, 0.15) is 0 Å². The first-order valence-electron chi connectivity index (χ1n) is 8.18. The lowest BCUT2D eigenvalue weighted by Crippen LogP contribution is -1.87. The van der Waals surface area contributed by atoms with Gasteiger partial charge in [0.2, 0.25) is 0 Å². The minimum absolute atomic E-state index is 0.0237. The van der Waals surface area contributed by atoms with Gasteiger partial charge in [0.15, 0.2) is 0 Å². The Balaban J connectivity index is 1.64. The summed E-state index contributed by atoms with van der Waals surface area (Å²) in [6.45, 7) is 0. The van der Waals surface area contributed by atoms with Crippen LogP contribution in [0.2, 0.25) is 0 Å². The van der Waals surface area contributed by atoms with Crippen LogP contribution >= 0.6 is 0 Å². The van der Waals surface area contributed by atoms with Gasteiger partial charge in [-0.2, -0.15) is 0 Å². The first-order chi connectivity index (χ1) is 13.5. The van der Waals surface area contributed by atoms with E-state index in [4.69, 9.17) is 0 Å². The van der Waals surface area contributed by atoms with Crippen LogP contribution in [0.25, 0.3) is 0 Å². The number of benzene rings is 3. The van der Waals surface area contributed by atoms with Crippen LogP contribution in [-0.4, -0.2) is 22.3 Å². The Kier molecular flexibility index (Phi) is 5.61. The van der Waals surface area contributed by atoms with Gasteiger partial charge >= 0.3 is 0 Å². The number of non-ortho nitro benzene ring substituents is 2. The van der Waals surface area contributed by atoms with Crippen LogP contribution in [0.4, 0.5) is 22.7 Å². The molecule has 8 nitrogen and oxygen atoms in total. The summed E-state index contributed by atoms with van der Waals surface area (Å²) in [6, 6.07) is 19.4. The molecule has 0 spiro atoms. The molecule has 28 heavy (non-hydrogen) atoms. The second-order valence-electron chi connectivity index (χ2n) is 5.73. The molecule has 3 aromatic carbocycles. The van der Waals surface area contributed by atoms with E-state index in [2.05, 4.69) is 9.98 Å². The Morgan fingerprint density at radius 2 is 0.893 bits per heavy atom. The van der Waals surface area contributed by atoms with Crippen molar-refractivity contribution in [2.24, 2.45) is 9.98 Å². The highest BCUT2D eigenvalue weighted by Gasteiger charge is 2.03. The minimum atomic E-state index is -0.454. The molecule has 0 N–H and O–H groups in total. The molecule has 0 saturated carbocycles. The quantitative estimate of drug-likeness (QED) is 0.343. The van der Waals surface area contributed by atoms with E-state index in [0.29, 0.717) is 11.4 Å². The van der Waals surface area contributed by atoms with E-state index in [-0.39, 0.29) is 11.4 Å². The predicted molar refractivity (Wildman–Crippen MR) is 107 cm³/mol. The normalized spacial score (nSPS) is 11.1. The maximum absolute atomic E-state index is 10.6. The highest BCUT2D eigenvalue weighted by molar-refractivity contribution is 5.86. The van der Waals surface area contributed by atoms with Crippen molar-refractivity contribution in [3.8, 4) is 0 Å². The number of nitrogens with zero attached hydrogens (tertiary/aromatic N) is 4. The standard InChI is InChI=1S/C20H14N4O4/c25-23(26)19-9-5-17(6-10-19)21-13-15-1-2-16(4-3-15)14-22-18-7-11-20(12-8-18)24(27)28/h1-14H. The topological polar surface area (TPSA) is 111 Å². The molecule has 138 valence electrons. The average molecular weight is 374 g/mol. The summed E-state index contributed by atoms with van der Waals surface area (Å²) >= 11 is 0. The number of hydrogen-bond acceptors (Lipinski definition) is 6. The number of nitro benzene ring substituents is 2. The zero-order valence-electron chi connectivity index (χ0n) is 14.5. The molecule has 8 heteroatoms. The van der Waals surface area contributed by atoms with Crippen LogP contribution in [0.3, 0.4) is 0 Å². The van der Waals surface area contributed by atoms with E-state index in [1.54, 1.807) is 36.7 Å². The average Bonchev–Trinajstić information content (AvgIpc) is 2.72. The third kappa shape index (κ3) is 4.92. The molecule has 0 aliphatic rings. The van der Waals surface area contributed by atoms with Gasteiger partial charge in [-0.05, 0) is 35.4 Å². The number of rotatable bonds is 6. The van der Waals surface area contributed by atoms with Gasteiger partial charge in [-0.3, -0.25) is 30.2 Å². The van der Waals surface area contributed by atoms with Crippen LogP contribution in [0.5, 0.6) is 0 Å². The van der Waals surface area contributed by atoms with Crippen molar-refractivity contribution in [3.05, 3.63) is 104 Å². The van der Waals surface area contributed by atoms with Gasteiger partial charge in [0.05, 0.1) is 21.2 Å². The molecule has 0 atom stereocenters. The van der Waals surface area contributed by atoms with E-state index in [0.717, 1.165) is 11.1 Å². The lowest BCUT2D eigenvalue weighted by molar-refractivity contribution is -0.385. The summed E-state index contributed by atoms with van der Waals surface area (Å²) in [6.07, 6.45) is 3.33. The van der Waals surface area contributed by atoms with E-state index in [1.807, 2.05) is 24.3 Å². The van der Waals surface area contributed by atoms with Gasteiger partial charge in [0, 0.05) is 36.7 Å². The molecule has 0 bridgehead atoms. The van der Waals surface area contributed by atoms with Crippen LogP contribution in [0.15, 0.2) is 82.8 Å². The smallest absolute Gasteiger partial charge is 0.258 e. The van der Waals surface area contributed by atoms with Crippen molar-refractivity contribution in [3.63, 3.8) is 0 Å². The molecule has 0 heterocycles. The number of hydrogen-bond donors (Lipinski definition) is 0. The molecule has 0 radical (unpaired) electrons. The molecular formula is C20H14N4O4. The summed E-state index contributed by atoms with van der Waals surface area (Å²) in [4.78, 5) is 28.9. The third-order valence-electron chi connectivity index (χ3n) is 3.78. The van der Waals surface area contributed by atoms with Gasteiger partial charge in [-0.15, -0.1) is 0 Å². The van der Waals surface area contributed by atoms with Gasteiger partial charge in [0.25, 0.3) is 11.4 Å². The monoisotopic (exact) mass is 374 g/mol. The number of nitro groups is 2. The first-order valence-corrected chi connectivity index (χ1v) is 8.18. The maximum atomic E-state index is 10.6. The summed E-state index contributed by atoms with van der Waals surface area (Å²) in [7, 11) is 0. The summed E-state index contributed by atoms with van der Waals surface area (Å²) in [5.74, 6) is 0. The first kappa shape index (κ1) is 18.6. The Morgan fingerprint density at radius 3 is 1.18 bits per heavy atom. The number of aliphatic imine (C=N–C) groups is 2. The lowest BCUT2D eigenvalue weighted by atomic mass is 10.1. The van der Waals surface area contributed by atoms with Crippen molar-refractivity contribution in [1.82, 2.24) is 0 Å². The summed E-state index contributed by atoms with van der Waals surface area (Å²) in [5.41, 5.74) is 3.02. The summed E-state index contributed by atoms with van der Waals surface area (Å²) in [5, 5.41) is 21.3. The van der Waals surface area contributed by atoms with Crippen molar-refractivity contribution in [1.29, 1.82) is 0 Å². The molecular weight excluding hydrogens is 360 g/mol. The molecule has 3 aromatic rings. The second kappa shape index (κ2) is 8.45. The van der Waals surface area contributed by atoms with E-state index in [9.17, 15) is 20.2 Å². The SMILES string of the molecule is O=[N+]([O-])c1ccc(N=Cc2ccc(C=Nc3ccc([N+](=O)[O-])cc3)cc2)cc1. The van der Waals surface area contributed by atoms with Gasteiger partial charge in [-0.25, -0.2) is 0 Å². The Hall–Kier alpha value is -4.20. The zero-order valence-corrected chi connectivity index (χ0v) is 14.5. The van der Waals surface area contributed by atoms with Crippen LogP contribution < -0.4 is 0 Å². The highest BCUT2D eigenvalue weighted by atomic mass is 16.6. The molecule has 0 aromatic heterocycles. The highest BCUT2D eigenvalue weighted by Crippen LogP contribution is 2.19. The van der Waals surface area contributed by atoms with Crippen molar-refractivity contribution in [2.75, 3.05) is 0 Å². The van der Waals surface area contributed by atoms with E-state index in [1.165, 1.54) is 24.3 Å². The van der Waals surface area contributed by atoms with Gasteiger partial charge in [-0.1, -0.05) is 24.3 Å². The van der Waals surface area contributed by atoms with Gasteiger partial charge < -0.3 is 0 Å². The fourth-order valence-corrected chi connectivity index (χ4v) is 2.29. The van der Waals surface area contributed by atoms with Crippen molar-refractivity contribution < 1.29 is 9.85 Å². The molecule has 0 aliphatic heterocycles. The van der Waals surface area contributed by atoms with Crippen LogP contribution in [0.1, 0.15) is 11.1 Å². The zero-order chi connectivity index (χ0) is 19.9. The fraction of sp³-hybridized carbons (Fsp3) is 0. The maximum Gasteiger partial charge on any atom is 0.269 e. The molecule has 0 amide bonds. The van der Waals surface area contributed by atoms with Crippen molar-refractivity contribution >= 4 is 35.2 Å². The van der Waals surface area contributed by atoms with Crippen molar-refractivity contribution in [2.45, 2.75) is 0 Å². The predicted octanol–water partition coefficient (Wildman–Crippen LogP) is 5.00. The Morgan fingerprint density at radius 1 is 0.571 bits per heavy atom. The van der Waals surface area contributed by atoms with Crippen LogP contribution in [0, 0.1) is 20.2 Å². The van der Waals surface area contributed by atoms with Crippen LogP contribution in [-0.2, 0) is 0 Å². The largest absolute Gasteiger partial charge is 0.269 e. The molecule has 0 unspecified atom stereocenters. The second-order valence-corrected chi connectivity index (χ2v) is 5.73.